The molecule has 19 heavy (non-hydrogen) atoms. The Morgan fingerprint density at radius 3 is 2.74 bits per heavy atom. The van der Waals surface area contributed by atoms with Crippen LogP contribution in [0.1, 0.15) is 24.0 Å². The van der Waals surface area contributed by atoms with Crippen molar-refractivity contribution in [3.63, 3.8) is 0 Å². The lowest BCUT2D eigenvalue weighted by molar-refractivity contribution is 0.0719. The van der Waals surface area contributed by atoms with E-state index in [2.05, 4.69) is 10.2 Å². The third-order valence-electron chi connectivity index (χ3n) is 4.39. The van der Waals surface area contributed by atoms with E-state index in [1.54, 1.807) is 12.1 Å². The SMILES string of the molecule is N#Cc1ccc(CNC2CN3CCC2CC3)c(F)c1. The van der Waals surface area contributed by atoms with Crippen molar-refractivity contribution < 1.29 is 4.39 Å². The van der Waals surface area contributed by atoms with E-state index >= 15 is 0 Å². The normalized spacial score (nSPS) is 29.2. The van der Waals surface area contributed by atoms with Gasteiger partial charge < -0.3 is 10.2 Å². The highest BCUT2D eigenvalue weighted by Gasteiger charge is 2.33. The van der Waals surface area contributed by atoms with Crippen molar-refractivity contribution >= 4 is 0 Å². The fourth-order valence-corrected chi connectivity index (χ4v) is 3.20. The molecule has 1 aromatic carbocycles. The molecule has 0 aliphatic carbocycles. The molecule has 0 radical (unpaired) electrons. The van der Waals surface area contributed by atoms with Crippen LogP contribution in [-0.2, 0) is 6.54 Å². The van der Waals surface area contributed by atoms with Crippen molar-refractivity contribution in [1.29, 1.82) is 5.26 Å². The number of benzene rings is 1. The van der Waals surface area contributed by atoms with Crippen LogP contribution in [0.4, 0.5) is 4.39 Å². The van der Waals surface area contributed by atoms with Crippen LogP contribution in [0.3, 0.4) is 0 Å². The lowest BCUT2D eigenvalue weighted by Gasteiger charge is -2.45. The molecule has 0 aromatic heterocycles. The summed E-state index contributed by atoms with van der Waals surface area (Å²) in [7, 11) is 0. The van der Waals surface area contributed by atoms with E-state index in [4.69, 9.17) is 5.26 Å². The number of hydrogen-bond acceptors (Lipinski definition) is 3. The summed E-state index contributed by atoms with van der Waals surface area (Å²) < 4.78 is 13.8. The molecule has 3 fully saturated rings. The van der Waals surface area contributed by atoms with Gasteiger partial charge >= 0.3 is 0 Å². The predicted molar refractivity (Wildman–Crippen MR) is 70.9 cm³/mol. The van der Waals surface area contributed by atoms with Crippen molar-refractivity contribution in [2.75, 3.05) is 19.6 Å². The van der Waals surface area contributed by atoms with Crippen LogP contribution < -0.4 is 5.32 Å². The van der Waals surface area contributed by atoms with Gasteiger partial charge in [0.15, 0.2) is 0 Å². The van der Waals surface area contributed by atoms with Crippen molar-refractivity contribution in [2.45, 2.75) is 25.4 Å². The van der Waals surface area contributed by atoms with Gasteiger partial charge in [0.2, 0.25) is 0 Å². The minimum Gasteiger partial charge on any atom is -0.308 e. The lowest BCUT2D eigenvalue weighted by Crippen LogP contribution is -2.55. The van der Waals surface area contributed by atoms with Gasteiger partial charge in [0.25, 0.3) is 0 Å². The van der Waals surface area contributed by atoms with E-state index < -0.39 is 0 Å². The smallest absolute Gasteiger partial charge is 0.129 e. The monoisotopic (exact) mass is 259 g/mol. The number of fused-ring (bicyclic) bond motifs is 3. The molecule has 3 saturated heterocycles. The largest absolute Gasteiger partial charge is 0.308 e. The molecule has 1 N–H and O–H groups in total. The Balaban J connectivity index is 1.62. The van der Waals surface area contributed by atoms with Crippen LogP contribution in [0.15, 0.2) is 18.2 Å². The fraction of sp³-hybridized carbons (Fsp3) is 0.533. The lowest BCUT2D eigenvalue weighted by atomic mass is 9.84. The summed E-state index contributed by atoms with van der Waals surface area (Å²) in [6.45, 7) is 4.07. The number of hydrogen-bond donors (Lipinski definition) is 1. The molecular weight excluding hydrogens is 241 g/mol. The molecular formula is C15H18FN3. The topological polar surface area (TPSA) is 39.1 Å². The number of nitriles is 1. The Hall–Kier alpha value is -1.44. The van der Waals surface area contributed by atoms with Gasteiger partial charge in [-0.05, 0) is 44.0 Å². The molecule has 2 bridgehead atoms. The van der Waals surface area contributed by atoms with Gasteiger partial charge in [-0.25, -0.2) is 4.39 Å². The first kappa shape index (κ1) is 12.6. The van der Waals surface area contributed by atoms with Gasteiger partial charge in [-0.1, -0.05) is 6.07 Å². The zero-order valence-electron chi connectivity index (χ0n) is 10.9. The molecule has 0 spiro atoms. The molecule has 0 amide bonds. The zero-order valence-corrected chi connectivity index (χ0v) is 10.9. The summed E-state index contributed by atoms with van der Waals surface area (Å²) in [5.41, 5.74) is 1.03. The minimum atomic E-state index is -0.284. The Bertz CT molecular complexity index is 501. The number of rotatable bonds is 3. The van der Waals surface area contributed by atoms with Crippen LogP contribution in [0.2, 0.25) is 0 Å². The van der Waals surface area contributed by atoms with Gasteiger partial charge in [-0.15, -0.1) is 0 Å². The van der Waals surface area contributed by atoms with Gasteiger partial charge in [-0.2, -0.15) is 5.26 Å². The molecule has 1 atom stereocenters. The Morgan fingerprint density at radius 1 is 1.37 bits per heavy atom. The molecule has 3 nitrogen and oxygen atoms in total. The summed E-state index contributed by atoms with van der Waals surface area (Å²) in [5, 5.41) is 12.2. The highest BCUT2D eigenvalue weighted by molar-refractivity contribution is 5.32. The second kappa shape index (κ2) is 5.28. The summed E-state index contributed by atoms with van der Waals surface area (Å²) in [4.78, 5) is 2.48. The third-order valence-corrected chi connectivity index (χ3v) is 4.39. The van der Waals surface area contributed by atoms with Crippen molar-refractivity contribution in [3.8, 4) is 6.07 Å². The maximum Gasteiger partial charge on any atom is 0.129 e. The van der Waals surface area contributed by atoms with Crippen LogP contribution >= 0.6 is 0 Å². The third kappa shape index (κ3) is 2.63. The molecule has 1 aromatic rings. The van der Waals surface area contributed by atoms with E-state index in [-0.39, 0.29) is 5.82 Å². The van der Waals surface area contributed by atoms with E-state index in [9.17, 15) is 4.39 Å². The quantitative estimate of drug-likeness (QED) is 0.901. The molecule has 3 heterocycles. The zero-order chi connectivity index (χ0) is 13.2. The average molecular weight is 259 g/mol. The Morgan fingerprint density at radius 2 is 2.16 bits per heavy atom. The van der Waals surface area contributed by atoms with E-state index in [0.29, 0.717) is 23.7 Å². The summed E-state index contributed by atoms with van der Waals surface area (Å²) >= 11 is 0. The first-order chi connectivity index (χ1) is 9.26. The summed E-state index contributed by atoms with van der Waals surface area (Å²) in [5.74, 6) is 0.458. The first-order valence-corrected chi connectivity index (χ1v) is 6.90. The van der Waals surface area contributed by atoms with Crippen molar-refractivity contribution in [3.05, 3.63) is 35.1 Å². The predicted octanol–water partition coefficient (Wildman–Crippen LogP) is 1.88. The van der Waals surface area contributed by atoms with E-state index in [1.165, 1.54) is 32.0 Å². The van der Waals surface area contributed by atoms with Crippen LogP contribution in [-0.4, -0.2) is 30.6 Å². The second-order valence-electron chi connectivity index (χ2n) is 5.54. The minimum absolute atomic E-state index is 0.284. The van der Waals surface area contributed by atoms with Crippen LogP contribution in [0.5, 0.6) is 0 Å². The summed E-state index contributed by atoms with van der Waals surface area (Å²) in [6.07, 6.45) is 2.51. The molecule has 4 rings (SSSR count). The maximum absolute atomic E-state index is 13.8. The molecule has 4 heteroatoms. The van der Waals surface area contributed by atoms with Gasteiger partial charge in [-0.3, -0.25) is 0 Å². The Labute approximate surface area is 113 Å². The van der Waals surface area contributed by atoms with Crippen molar-refractivity contribution in [1.82, 2.24) is 10.2 Å². The first-order valence-electron chi connectivity index (χ1n) is 6.90. The highest BCUT2D eigenvalue weighted by atomic mass is 19.1. The maximum atomic E-state index is 13.8. The average Bonchev–Trinajstić information content (AvgIpc) is 2.47. The van der Waals surface area contributed by atoms with Crippen molar-refractivity contribution in [2.24, 2.45) is 5.92 Å². The Kier molecular flexibility index (Phi) is 3.50. The number of piperidine rings is 3. The van der Waals surface area contributed by atoms with E-state index in [0.717, 1.165) is 12.5 Å². The molecule has 100 valence electrons. The molecule has 3 aliphatic rings. The number of halogens is 1. The number of nitrogens with zero attached hydrogens (tertiary/aromatic N) is 2. The highest BCUT2D eigenvalue weighted by Crippen LogP contribution is 2.27. The molecule has 3 aliphatic heterocycles. The van der Waals surface area contributed by atoms with Crippen LogP contribution in [0.25, 0.3) is 0 Å². The second-order valence-corrected chi connectivity index (χ2v) is 5.54. The molecule has 1 unspecified atom stereocenters. The molecule has 0 saturated carbocycles. The standard InChI is InChI=1S/C15H18FN3/c16-14-7-11(8-17)1-2-13(14)9-18-15-10-19-5-3-12(15)4-6-19/h1-2,7,12,15,18H,3-6,9-10H2. The number of nitrogens with one attached hydrogen (secondary N) is 1. The van der Waals surface area contributed by atoms with Gasteiger partial charge in [0.05, 0.1) is 11.6 Å². The fourth-order valence-electron chi connectivity index (χ4n) is 3.20. The van der Waals surface area contributed by atoms with Gasteiger partial charge in [0.1, 0.15) is 5.82 Å². The summed E-state index contributed by atoms with van der Waals surface area (Å²) in [6, 6.07) is 7.14. The van der Waals surface area contributed by atoms with Gasteiger partial charge in [0, 0.05) is 24.7 Å². The van der Waals surface area contributed by atoms with Crippen LogP contribution in [0, 0.1) is 23.1 Å². The van der Waals surface area contributed by atoms with E-state index in [1.807, 2.05) is 6.07 Å².